The highest BCUT2D eigenvalue weighted by Crippen LogP contribution is 2.51. The summed E-state index contributed by atoms with van der Waals surface area (Å²) in [5.74, 6) is -0.395. The third kappa shape index (κ3) is 5.08. The van der Waals surface area contributed by atoms with Gasteiger partial charge in [0.25, 0.3) is 0 Å². The van der Waals surface area contributed by atoms with E-state index in [1.54, 1.807) is 11.3 Å². The largest absolute Gasteiger partial charge is 0.192 e. The molecule has 6 aromatic rings. The van der Waals surface area contributed by atoms with Crippen molar-refractivity contribution < 1.29 is 0 Å². The highest BCUT2D eigenvalue weighted by atomic mass is 32.1. The van der Waals surface area contributed by atoms with Gasteiger partial charge in [-0.3, -0.25) is 0 Å². The summed E-state index contributed by atoms with van der Waals surface area (Å²) in [4.78, 5) is 1.23. The normalized spacial score (nSPS) is 15.1. The van der Waals surface area contributed by atoms with Crippen molar-refractivity contribution >= 4 is 33.6 Å². The molecule has 0 saturated carbocycles. The van der Waals surface area contributed by atoms with E-state index in [9.17, 15) is 15.8 Å². The first kappa shape index (κ1) is 31.6. The van der Waals surface area contributed by atoms with E-state index in [1.165, 1.54) is 20.5 Å². The minimum Gasteiger partial charge on any atom is -0.192 e. The van der Waals surface area contributed by atoms with Crippen LogP contribution in [0.2, 0.25) is 0 Å². The van der Waals surface area contributed by atoms with Gasteiger partial charge < -0.3 is 0 Å². The summed E-state index contributed by atoms with van der Waals surface area (Å²) < 4.78 is 1.24. The third-order valence-electron chi connectivity index (χ3n) is 9.87. The molecule has 49 heavy (non-hydrogen) atoms. The minimum atomic E-state index is -0.218. The summed E-state index contributed by atoms with van der Waals surface area (Å²) in [6, 6.07) is 38.3. The Morgan fingerprint density at radius 2 is 1.31 bits per heavy atom. The predicted molar refractivity (Wildman–Crippen MR) is 202 cm³/mol. The van der Waals surface area contributed by atoms with Crippen LogP contribution in [0, 0.1) is 40.9 Å². The van der Waals surface area contributed by atoms with Gasteiger partial charge in [-0.1, -0.05) is 97.9 Å². The second-order valence-electron chi connectivity index (χ2n) is 12.5. The predicted octanol–water partition coefficient (Wildman–Crippen LogP) is 11.9. The molecule has 5 aromatic carbocycles. The molecule has 1 aliphatic rings. The zero-order valence-corrected chi connectivity index (χ0v) is 28.7. The van der Waals surface area contributed by atoms with Gasteiger partial charge in [0.1, 0.15) is 6.07 Å². The Hall–Kier alpha value is -5.99. The molecule has 1 aromatic heterocycles. The average Bonchev–Trinajstić information content (AvgIpc) is 3.48. The van der Waals surface area contributed by atoms with E-state index >= 15 is 0 Å². The van der Waals surface area contributed by atoms with Crippen molar-refractivity contribution in [2.75, 3.05) is 0 Å². The summed E-state index contributed by atoms with van der Waals surface area (Å²) in [5, 5.41) is 32.3. The van der Waals surface area contributed by atoms with E-state index in [0.717, 1.165) is 55.6 Å². The molecule has 3 nitrogen and oxygen atoms in total. The summed E-state index contributed by atoms with van der Waals surface area (Å²) in [7, 11) is 0. The third-order valence-corrected chi connectivity index (χ3v) is 11.1. The van der Waals surface area contributed by atoms with Gasteiger partial charge in [-0.15, -0.1) is 11.3 Å². The van der Waals surface area contributed by atoms with Crippen LogP contribution in [0.1, 0.15) is 93.1 Å². The number of fused-ring (bicyclic) bond motifs is 3. The van der Waals surface area contributed by atoms with Crippen molar-refractivity contribution in [3.8, 4) is 40.5 Å². The maximum absolute atomic E-state index is 10.9. The van der Waals surface area contributed by atoms with Crippen molar-refractivity contribution in [1.29, 1.82) is 15.8 Å². The Morgan fingerprint density at radius 3 is 2.02 bits per heavy atom. The molecule has 0 saturated heterocycles. The van der Waals surface area contributed by atoms with E-state index in [4.69, 9.17) is 0 Å². The molecular weight excluding hydrogens is 615 g/mol. The van der Waals surface area contributed by atoms with Gasteiger partial charge in [0.15, 0.2) is 0 Å². The number of nitriles is 3. The van der Waals surface area contributed by atoms with Crippen molar-refractivity contribution in [2.24, 2.45) is 0 Å². The Labute approximate surface area is 292 Å². The standard InChI is InChI=1S/C45H33N3S/c1-5-11-36-37-19-10-18-35(45(37)49-41(36)12-6-2)30-14-7-13-29(23-30)34-21-22-39-43(40(34)26-48)28(4)42-32(25-47)16-9-20-38(42)44(39)33-17-8-15-31(24-46)27(33)3/h5-23,28,44H,1-4H3/b11-5-,12-6-. The zero-order chi connectivity index (χ0) is 34.2. The van der Waals surface area contributed by atoms with E-state index in [2.05, 4.69) is 123 Å². The molecule has 0 fully saturated rings. The summed E-state index contributed by atoms with van der Waals surface area (Å²) in [6.07, 6.45) is 8.53. The summed E-state index contributed by atoms with van der Waals surface area (Å²) in [5.41, 5.74) is 13.1. The molecule has 0 radical (unpaired) electrons. The number of allylic oxidation sites excluding steroid dienone is 2. The number of hydrogen-bond donors (Lipinski definition) is 0. The zero-order valence-electron chi connectivity index (χ0n) is 27.9. The van der Waals surface area contributed by atoms with Gasteiger partial charge in [-0.2, -0.15) is 15.8 Å². The molecule has 0 N–H and O–H groups in total. The lowest BCUT2D eigenvalue weighted by molar-refractivity contribution is 0.786. The van der Waals surface area contributed by atoms with Crippen LogP contribution >= 0.6 is 11.3 Å². The lowest BCUT2D eigenvalue weighted by atomic mass is 9.67. The number of hydrogen-bond acceptors (Lipinski definition) is 4. The van der Waals surface area contributed by atoms with Gasteiger partial charge in [0.2, 0.25) is 0 Å². The Kier molecular flexibility index (Phi) is 8.32. The number of nitrogens with zero attached hydrogens (tertiary/aromatic N) is 3. The van der Waals surface area contributed by atoms with Crippen molar-refractivity contribution in [3.05, 3.63) is 164 Å². The van der Waals surface area contributed by atoms with Crippen molar-refractivity contribution in [3.63, 3.8) is 0 Å². The molecule has 234 valence electrons. The number of benzene rings is 5. The monoisotopic (exact) mass is 647 g/mol. The van der Waals surface area contributed by atoms with Gasteiger partial charge in [0.05, 0.1) is 28.8 Å². The first-order valence-electron chi connectivity index (χ1n) is 16.5. The maximum Gasteiger partial charge on any atom is 0.100 e. The second kappa shape index (κ2) is 12.9. The molecule has 2 unspecified atom stereocenters. The fraction of sp³-hybridized carbons (Fsp3) is 0.133. The molecular formula is C45H33N3S. The van der Waals surface area contributed by atoms with Crippen molar-refractivity contribution in [2.45, 2.75) is 39.5 Å². The fourth-order valence-corrected chi connectivity index (χ4v) is 9.01. The van der Waals surface area contributed by atoms with E-state index in [1.807, 2.05) is 38.1 Å². The first-order chi connectivity index (χ1) is 23.9. The van der Waals surface area contributed by atoms with Crippen LogP contribution in [0.25, 0.3) is 44.5 Å². The Bertz CT molecular complexity index is 2490. The van der Waals surface area contributed by atoms with Crippen LogP contribution in [0.4, 0.5) is 0 Å². The van der Waals surface area contributed by atoms with Crippen LogP contribution in [0.3, 0.4) is 0 Å². The molecule has 0 bridgehead atoms. The Morgan fingerprint density at radius 1 is 0.653 bits per heavy atom. The Balaban J connectivity index is 1.45. The smallest absolute Gasteiger partial charge is 0.100 e. The van der Waals surface area contributed by atoms with E-state index in [0.29, 0.717) is 16.7 Å². The topological polar surface area (TPSA) is 71.4 Å². The number of thiophene rings is 1. The molecule has 7 rings (SSSR count). The van der Waals surface area contributed by atoms with Crippen LogP contribution in [0.5, 0.6) is 0 Å². The van der Waals surface area contributed by atoms with Crippen molar-refractivity contribution in [1.82, 2.24) is 0 Å². The van der Waals surface area contributed by atoms with Crippen LogP contribution in [0.15, 0.2) is 103 Å². The average molecular weight is 648 g/mol. The quantitative estimate of drug-likeness (QED) is 0.187. The summed E-state index contributed by atoms with van der Waals surface area (Å²) >= 11 is 1.80. The van der Waals surface area contributed by atoms with E-state index < -0.39 is 0 Å². The highest BCUT2D eigenvalue weighted by molar-refractivity contribution is 7.20. The summed E-state index contributed by atoms with van der Waals surface area (Å²) in [6.45, 7) is 8.19. The van der Waals surface area contributed by atoms with Gasteiger partial charge >= 0.3 is 0 Å². The minimum absolute atomic E-state index is 0.177. The number of rotatable bonds is 5. The van der Waals surface area contributed by atoms with Gasteiger partial charge in [0, 0.05) is 26.8 Å². The SMILES string of the molecule is C/C=C\c1sc2c(-c3cccc(-c4ccc5c(c4C#N)C(C)c4c(C#N)cccc4C5c4cccc(C#N)c4C)c3)cccc2c1/C=C\C. The molecule has 0 aliphatic heterocycles. The highest BCUT2D eigenvalue weighted by Gasteiger charge is 2.36. The lowest BCUT2D eigenvalue weighted by Crippen LogP contribution is -2.21. The molecule has 1 heterocycles. The van der Waals surface area contributed by atoms with Gasteiger partial charge in [-0.25, -0.2) is 0 Å². The first-order valence-corrected chi connectivity index (χ1v) is 17.3. The second-order valence-corrected chi connectivity index (χ2v) is 13.5. The molecule has 4 heteroatoms. The van der Waals surface area contributed by atoms with Crippen LogP contribution in [-0.4, -0.2) is 0 Å². The van der Waals surface area contributed by atoms with Crippen LogP contribution < -0.4 is 0 Å². The molecule has 0 spiro atoms. The lowest BCUT2D eigenvalue weighted by Gasteiger charge is -2.35. The molecule has 0 amide bonds. The fourth-order valence-electron chi connectivity index (χ4n) is 7.72. The molecule has 1 aliphatic carbocycles. The van der Waals surface area contributed by atoms with Crippen LogP contribution in [-0.2, 0) is 0 Å². The van der Waals surface area contributed by atoms with E-state index in [-0.39, 0.29) is 11.8 Å². The van der Waals surface area contributed by atoms with Gasteiger partial charge in [-0.05, 0) is 106 Å². The molecule has 2 atom stereocenters. The maximum atomic E-state index is 10.9.